The SMILES string of the molecule is OCCCN(CCO)Cc1ccccc1N1CCOCC1. The Labute approximate surface area is 126 Å². The Balaban J connectivity index is 2.06. The average molecular weight is 294 g/mol. The molecule has 5 heteroatoms. The van der Waals surface area contributed by atoms with Crippen molar-refractivity contribution in [3.8, 4) is 0 Å². The highest BCUT2D eigenvalue weighted by Gasteiger charge is 2.15. The van der Waals surface area contributed by atoms with E-state index in [1.165, 1.54) is 11.3 Å². The summed E-state index contributed by atoms with van der Waals surface area (Å²) in [6.45, 7) is 5.97. The monoisotopic (exact) mass is 294 g/mol. The molecule has 1 aromatic carbocycles. The Bertz CT molecular complexity index is 408. The predicted molar refractivity (Wildman–Crippen MR) is 83.5 cm³/mol. The first kappa shape index (κ1) is 16.2. The molecule has 1 aliphatic rings. The summed E-state index contributed by atoms with van der Waals surface area (Å²) in [5.41, 5.74) is 2.53. The molecule has 21 heavy (non-hydrogen) atoms. The fraction of sp³-hybridized carbons (Fsp3) is 0.625. The largest absolute Gasteiger partial charge is 0.396 e. The van der Waals surface area contributed by atoms with Crippen molar-refractivity contribution < 1.29 is 14.9 Å². The van der Waals surface area contributed by atoms with Gasteiger partial charge in [0.2, 0.25) is 0 Å². The topological polar surface area (TPSA) is 56.2 Å². The molecule has 0 aromatic heterocycles. The molecule has 2 rings (SSSR count). The van der Waals surface area contributed by atoms with Gasteiger partial charge in [0.15, 0.2) is 0 Å². The number of ether oxygens (including phenoxy) is 1. The third-order valence-electron chi connectivity index (χ3n) is 3.79. The van der Waals surface area contributed by atoms with E-state index in [0.29, 0.717) is 6.54 Å². The lowest BCUT2D eigenvalue weighted by molar-refractivity contribution is 0.122. The summed E-state index contributed by atoms with van der Waals surface area (Å²) in [6.07, 6.45) is 0.736. The first-order chi connectivity index (χ1) is 10.3. The van der Waals surface area contributed by atoms with E-state index < -0.39 is 0 Å². The fourth-order valence-electron chi connectivity index (χ4n) is 2.70. The van der Waals surface area contributed by atoms with Gasteiger partial charge in [0.1, 0.15) is 0 Å². The second kappa shape index (κ2) is 9.00. The normalized spacial score (nSPS) is 15.7. The summed E-state index contributed by atoms with van der Waals surface area (Å²) < 4.78 is 5.42. The smallest absolute Gasteiger partial charge is 0.0642 e. The number of aliphatic hydroxyl groups excluding tert-OH is 2. The molecule has 0 atom stereocenters. The van der Waals surface area contributed by atoms with Crippen LogP contribution >= 0.6 is 0 Å². The van der Waals surface area contributed by atoms with E-state index in [-0.39, 0.29) is 13.2 Å². The number of benzene rings is 1. The molecule has 0 unspecified atom stereocenters. The van der Waals surface area contributed by atoms with Crippen molar-refractivity contribution in [2.75, 3.05) is 57.5 Å². The second-order valence-electron chi connectivity index (χ2n) is 5.31. The van der Waals surface area contributed by atoms with Gasteiger partial charge in [-0.3, -0.25) is 4.90 Å². The van der Waals surface area contributed by atoms with E-state index in [2.05, 4.69) is 34.1 Å². The highest BCUT2D eigenvalue weighted by Crippen LogP contribution is 2.23. The van der Waals surface area contributed by atoms with Gasteiger partial charge in [0.05, 0.1) is 19.8 Å². The maximum atomic E-state index is 9.20. The molecule has 0 spiro atoms. The number of nitrogens with zero attached hydrogens (tertiary/aromatic N) is 2. The molecule has 1 heterocycles. The molecular weight excluding hydrogens is 268 g/mol. The number of hydrogen-bond acceptors (Lipinski definition) is 5. The zero-order valence-electron chi connectivity index (χ0n) is 12.6. The van der Waals surface area contributed by atoms with Crippen molar-refractivity contribution in [3.05, 3.63) is 29.8 Å². The summed E-state index contributed by atoms with van der Waals surface area (Å²) in [6, 6.07) is 8.43. The minimum absolute atomic E-state index is 0.144. The summed E-state index contributed by atoms with van der Waals surface area (Å²) in [7, 11) is 0. The van der Waals surface area contributed by atoms with Gasteiger partial charge in [0, 0.05) is 45.0 Å². The molecule has 1 aliphatic heterocycles. The molecule has 5 nitrogen and oxygen atoms in total. The molecule has 0 amide bonds. The second-order valence-corrected chi connectivity index (χ2v) is 5.31. The van der Waals surface area contributed by atoms with E-state index in [4.69, 9.17) is 9.84 Å². The molecule has 0 bridgehead atoms. The van der Waals surface area contributed by atoms with E-state index >= 15 is 0 Å². The van der Waals surface area contributed by atoms with E-state index in [0.717, 1.165) is 45.8 Å². The molecule has 0 radical (unpaired) electrons. The van der Waals surface area contributed by atoms with Gasteiger partial charge < -0.3 is 19.8 Å². The maximum absolute atomic E-state index is 9.20. The van der Waals surface area contributed by atoms with E-state index in [9.17, 15) is 5.11 Å². The third-order valence-corrected chi connectivity index (χ3v) is 3.79. The number of anilines is 1. The van der Waals surface area contributed by atoms with Crippen LogP contribution in [0.25, 0.3) is 0 Å². The summed E-state index contributed by atoms with van der Waals surface area (Å²) >= 11 is 0. The van der Waals surface area contributed by atoms with Gasteiger partial charge in [-0.2, -0.15) is 0 Å². The van der Waals surface area contributed by atoms with Crippen LogP contribution in [0, 0.1) is 0 Å². The maximum Gasteiger partial charge on any atom is 0.0642 e. The van der Waals surface area contributed by atoms with Crippen LogP contribution in [0.4, 0.5) is 5.69 Å². The van der Waals surface area contributed by atoms with Crippen molar-refractivity contribution in [3.63, 3.8) is 0 Å². The molecule has 1 saturated heterocycles. The molecule has 0 aliphatic carbocycles. The summed E-state index contributed by atoms with van der Waals surface area (Å²) in [5.74, 6) is 0. The van der Waals surface area contributed by atoms with Crippen LogP contribution in [0.15, 0.2) is 24.3 Å². The van der Waals surface area contributed by atoms with Crippen molar-refractivity contribution in [1.82, 2.24) is 4.90 Å². The summed E-state index contributed by atoms with van der Waals surface area (Å²) in [4.78, 5) is 4.55. The molecule has 0 saturated carbocycles. The molecule has 118 valence electrons. The van der Waals surface area contributed by atoms with Gasteiger partial charge in [-0.05, 0) is 18.1 Å². The van der Waals surface area contributed by atoms with Crippen LogP contribution < -0.4 is 4.90 Å². The van der Waals surface area contributed by atoms with Crippen molar-refractivity contribution in [2.45, 2.75) is 13.0 Å². The zero-order chi connectivity index (χ0) is 14.9. The Morgan fingerprint density at radius 1 is 1.05 bits per heavy atom. The molecular formula is C16H26N2O3. The highest BCUT2D eigenvalue weighted by molar-refractivity contribution is 5.53. The van der Waals surface area contributed by atoms with Gasteiger partial charge >= 0.3 is 0 Å². The van der Waals surface area contributed by atoms with Gasteiger partial charge in [-0.15, -0.1) is 0 Å². The first-order valence-electron chi connectivity index (χ1n) is 7.70. The first-order valence-corrected chi connectivity index (χ1v) is 7.70. The van der Waals surface area contributed by atoms with Crippen molar-refractivity contribution in [2.24, 2.45) is 0 Å². The van der Waals surface area contributed by atoms with Crippen molar-refractivity contribution in [1.29, 1.82) is 0 Å². The van der Waals surface area contributed by atoms with Crippen LogP contribution in [-0.4, -0.2) is 67.7 Å². The molecule has 1 fully saturated rings. The number of para-hydroxylation sites is 1. The van der Waals surface area contributed by atoms with E-state index in [1.54, 1.807) is 0 Å². The fourth-order valence-corrected chi connectivity index (χ4v) is 2.70. The highest BCUT2D eigenvalue weighted by atomic mass is 16.5. The van der Waals surface area contributed by atoms with Crippen LogP contribution in [-0.2, 0) is 11.3 Å². The Kier molecular flexibility index (Phi) is 6.95. The predicted octanol–water partition coefficient (Wildman–Crippen LogP) is 0.700. The van der Waals surface area contributed by atoms with Crippen LogP contribution in [0.3, 0.4) is 0 Å². The van der Waals surface area contributed by atoms with Gasteiger partial charge in [-0.1, -0.05) is 18.2 Å². The van der Waals surface area contributed by atoms with Crippen LogP contribution in [0.2, 0.25) is 0 Å². The standard InChI is InChI=1S/C16H26N2O3/c19-10-3-6-17(7-11-20)14-15-4-1-2-5-16(15)18-8-12-21-13-9-18/h1-2,4-5,19-20H,3,6-14H2. The van der Waals surface area contributed by atoms with Crippen molar-refractivity contribution >= 4 is 5.69 Å². The minimum Gasteiger partial charge on any atom is -0.396 e. The number of aliphatic hydroxyl groups is 2. The Hall–Kier alpha value is -1.14. The number of rotatable bonds is 8. The van der Waals surface area contributed by atoms with Gasteiger partial charge in [0.25, 0.3) is 0 Å². The Morgan fingerprint density at radius 3 is 2.52 bits per heavy atom. The molecule has 2 N–H and O–H groups in total. The van der Waals surface area contributed by atoms with Crippen LogP contribution in [0.1, 0.15) is 12.0 Å². The third kappa shape index (κ3) is 4.97. The number of morpholine rings is 1. The quantitative estimate of drug-likeness (QED) is 0.739. The van der Waals surface area contributed by atoms with E-state index in [1.807, 2.05) is 0 Å². The van der Waals surface area contributed by atoms with Crippen LogP contribution in [0.5, 0.6) is 0 Å². The lowest BCUT2D eigenvalue weighted by Gasteiger charge is -2.32. The molecule has 1 aromatic rings. The summed E-state index contributed by atoms with van der Waals surface area (Å²) in [5, 5.41) is 18.2. The number of hydrogen-bond donors (Lipinski definition) is 2. The Morgan fingerprint density at radius 2 is 1.81 bits per heavy atom. The lowest BCUT2D eigenvalue weighted by atomic mass is 10.1. The van der Waals surface area contributed by atoms with Gasteiger partial charge in [-0.25, -0.2) is 0 Å². The lowest BCUT2D eigenvalue weighted by Crippen LogP contribution is -2.37. The zero-order valence-corrected chi connectivity index (χ0v) is 12.6. The average Bonchev–Trinajstić information content (AvgIpc) is 2.54. The minimum atomic E-state index is 0.144.